The van der Waals surface area contributed by atoms with Gasteiger partial charge >= 0.3 is 5.97 Å². The molecule has 0 radical (unpaired) electrons. The van der Waals surface area contributed by atoms with E-state index in [-0.39, 0.29) is 11.6 Å². The third-order valence-corrected chi connectivity index (χ3v) is 10.9. The van der Waals surface area contributed by atoms with Gasteiger partial charge in [-0.05, 0) is 78.3 Å². The fraction of sp³-hybridized carbons (Fsp3) is 0.171. The maximum Gasteiger partial charge on any atom is 0.341 e. The number of methoxy groups -OCH3 is 1. The first-order chi connectivity index (χ1) is 24.8. The lowest BCUT2D eigenvalue weighted by Crippen LogP contribution is -2.30. The zero-order chi connectivity index (χ0) is 35.7. The van der Waals surface area contributed by atoms with E-state index in [1.807, 2.05) is 72.8 Å². The molecule has 0 saturated carbocycles. The van der Waals surface area contributed by atoms with Crippen LogP contribution < -0.4 is 16.0 Å². The van der Waals surface area contributed by atoms with Crippen LogP contribution in [0.4, 0.5) is 10.7 Å². The van der Waals surface area contributed by atoms with Gasteiger partial charge in [-0.1, -0.05) is 91.9 Å². The number of nitrogens with one attached hydrogen (secondary N) is 3. The molecule has 0 bridgehead atoms. The first-order valence-electron chi connectivity index (χ1n) is 16.6. The molecule has 51 heavy (non-hydrogen) atoms. The Morgan fingerprint density at radius 2 is 1.55 bits per heavy atom. The Balaban J connectivity index is 1.24. The molecule has 1 heterocycles. The predicted octanol–water partition coefficient (Wildman–Crippen LogP) is 8.54. The molecule has 0 fully saturated rings. The number of thioether (sulfide) groups is 1. The summed E-state index contributed by atoms with van der Waals surface area (Å²) in [7, 11) is 1.36. The van der Waals surface area contributed by atoms with Crippen LogP contribution in [-0.2, 0) is 27.2 Å². The molecule has 1 aliphatic carbocycles. The molecule has 0 saturated heterocycles. The van der Waals surface area contributed by atoms with Crippen LogP contribution in [0.3, 0.4) is 0 Å². The molecular formula is C41H37N3O5S2. The second-order valence-electron chi connectivity index (χ2n) is 12.2. The van der Waals surface area contributed by atoms with Crippen molar-refractivity contribution in [2.75, 3.05) is 17.7 Å². The van der Waals surface area contributed by atoms with Crippen LogP contribution in [0.15, 0.2) is 126 Å². The lowest BCUT2D eigenvalue weighted by Gasteiger charge is -2.18. The van der Waals surface area contributed by atoms with Gasteiger partial charge in [-0.15, -0.1) is 23.1 Å². The van der Waals surface area contributed by atoms with Gasteiger partial charge in [0.2, 0.25) is 5.91 Å². The lowest BCUT2D eigenvalue weighted by atomic mass is 9.88. The van der Waals surface area contributed by atoms with Crippen molar-refractivity contribution in [1.29, 1.82) is 0 Å². The van der Waals surface area contributed by atoms with Gasteiger partial charge in [0.1, 0.15) is 15.9 Å². The van der Waals surface area contributed by atoms with Crippen molar-refractivity contribution in [2.24, 2.45) is 5.92 Å². The lowest BCUT2D eigenvalue weighted by molar-refractivity contribution is -0.116. The molecule has 2 unspecified atom stereocenters. The minimum Gasteiger partial charge on any atom is -0.465 e. The number of fused-ring (bicyclic) bond motifs is 1. The second kappa shape index (κ2) is 16.5. The summed E-state index contributed by atoms with van der Waals surface area (Å²) in [5.41, 5.74) is 3.91. The van der Waals surface area contributed by atoms with Crippen molar-refractivity contribution in [3.63, 3.8) is 0 Å². The summed E-state index contributed by atoms with van der Waals surface area (Å²) in [6.07, 6.45) is 4.21. The van der Waals surface area contributed by atoms with Gasteiger partial charge < -0.3 is 20.7 Å². The predicted molar refractivity (Wildman–Crippen MR) is 204 cm³/mol. The van der Waals surface area contributed by atoms with Crippen LogP contribution >= 0.6 is 23.1 Å². The van der Waals surface area contributed by atoms with Gasteiger partial charge in [-0.25, -0.2) is 4.79 Å². The van der Waals surface area contributed by atoms with E-state index < -0.39 is 23.0 Å². The number of benzene rings is 4. The molecule has 0 spiro atoms. The normalized spacial score (nSPS) is 14.5. The summed E-state index contributed by atoms with van der Waals surface area (Å²) in [5.74, 6) is -1.16. The van der Waals surface area contributed by atoms with Crippen molar-refractivity contribution >= 4 is 63.6 Å². The van der Waals surface area contributed by atoms with E-state index >= 15 is 0 Å². The van der Waals surface area contributed by atoms with Crippen LogP contribution in [0.1, 0.15) is 60.9 Å². The highest BCUT2D eigenvalue weighted by Gasteiger charge is 2.31. The minimum absolute atomic E-state index is 0.0732. The summed E-state index contributed by atoms with van der Waals surface area (Å²) in [5, 5.41) is 8.58. The van der Waals surface area contributed by atoms with Gasteiger partial charge in [0, 0.05) is 21.0 Å². The molecule has 6 rings (SSSR count). The Kier molecular flexibility index (Phi) is 11.4. The smallest absolute Gasteiger partial charge is 0.341 e. The van der Waals surface area contributed by atoms with Gasteiger partial charge in [-0.2, -0.15) is 0 Å². The largest absolute Gasteiger partial charge is 0.465 e. The number of anilines is 2. The summed E-state index contributed by atoms with van der Waals surface area (Å²) in [4.78, 5) is 55.6. The number of carbonyl (C=O) groups is 4. The van der Waals surface area contributed by atoms with Crippen molar-refractivity contribution in [2.45, 2.75) is 36.3 Å². The minimum atomic E-state index is -0.681. The monoisotopic (exact) mass is 715 g/mol. The maximum absolute atomic E-state index is 14.1. The number of esters is 1. The third-order valence-electron chi connectivity index (χ3n) is 8.46. The molecular weight excluding hydrogens is 679 g/mol. The van der Waals surface area contributed by atoms with E-state index in [1.54, 1.807) is 48.5 Å². The van der Waals surface area contributed by atoms with Crippen LogP contribution in [0.25, 0.3) is 6.08 Å². The van der Waals surface area contributed by atoms with Gasteiger partial charge in [0.15, 0.2) is 0 Å². The van der Waals surface area contributed by atoms with Gasteiger partial charge in [-0.3, -0.25) is 14.4 Å². The van der Waals surface area contributed by atoms with Crippen molar-refractivity contribution < 1.29 is 23.9 Å². The maximum atomic E-state index is 14.1. The molecule has 3 amide bonds. The van der Waals surface area contributed by atoms with Crippen molar-refractivity contribution in [1.82, 2.24) is 5.32 Å². The number of rotatable bonds is 11. The van der Waals surface area contributed by atoms with E-state index in [1.165, 1.54) is 30.2 Å². The molecule has 258 valence electrons. The molecule has 5 aromatic rings. The third kappa shape index (κ3) is 8.83. The number of hydrogen-bond acceptors (Lipinski definition) is 7. The van der Waals surface area contributed by atoms with E-state index in [0.717, 1.165) is 45.7 Å². The van der Waals surface area contributed by atoms with Crippen LogP contribution in [0.2, 0.25) is 0 Å². The highest BCUT2D eigenvalue weighted by molar-refractivity contribution is 8.00. The number of hydrogen-bond donors (Lipinski definition) is 3. The number of ether oxygens (including phenoxy) is 1. The molecule has 0 aliphatic heterocycles. The van der Waals surface area contributed by atoms with E-state index in [0.29, 0.717) is 27.7 Å². The number of amides is 3. The number of carbonyl (C=O) groups excluding carboxylic acids is 4. The van der Waals surface area contributed by atoms with Gasteiger partial charge in [0.25, 0.3) is 11.8 Å². The summed E-state index contributed by atoms with van der Waals surface area (Å²) < 4.78 is 5.14. The Hall–Kier alpha value is -5.45. The average Bonchev–Trinajstić information content (AvgIpc) is 3.51. The zero-order valence-electron chi connectivity index (χ0n) is 28.2. The molecule has 1 aromatic heterocycles. The van der Waals surface area contributed by atoms with Crippen molar-refractivity contribution in [3.05, 3.63) is 154 Å². The molecule has 8 nitrogen and oxygen atoms in total. The zero-order valence-corrected chi connectivity index (χ0v) is 29.8. The topological polar surface area (TPSA) is 114 Å². The Morgan fingerprint density at radius 3 is 2.25 bits per heavy atom. The van der Waals surface area contributed by atoms with Crippen LogP contribution in [0.5, 0.6) is 0 Å². The Labute approximate surface area is 305 Å². The molecule has 1 aliphatic rings. The van der Waals surface area contributed by atoms with Crippen LogP contribution in [-0.4, -0.2) is 30.8 Å². The highest BCUT2D eigenvalue weighted by atomic mass is 32.2. The summed E-state index contributed by atoms with van der Waals surface area (Å²) >= 11 is 2.77. The highest BCUT2D eigenvalue weighted by Crippen LogP contribution is 2.42. The summed E-state index contributed by atoms with van der Waals surface area (Å²) in [6, 6.07) is 34.6. The standard InChI is InChI=1S/C41H37N3O5S2/c1-26-21-22-32-34(23-26)51-40(35(32)41(48)49-2)44-39(47)36(28-15-8-4-9-16-28)50-31-20-12-19-30(25-31)42-38(46)33(24-27-13-6-3-7-14-27)43-37(45)29-17-10-5-11-18-29/h3-20,24-26,36H,21-23H2,1-2H3,(H,42,46)(H,43,45)(H,44,47)/b33-24-. The first-order valence-corrected chi connectivity index (χ1v) is 18.3. The fourth-order valence-corrected chi connectivity index (χ4v) is 8.36. The van der Waals surface area contributed by atoms with E-state index in [9.17, 15) is 19.2 Å². The van der Waals surface area contributed by atoms with Gasteiger partial charge in [0.05, 0.1) is 12.7 Å². The van der Waals surface area contributed by atoms with Crippen molar-refractivity contribution in [3.8, 4) is 0 Å². The molecule has 3 N–H and O–H groups in total. The van der Waals surface area contributed by atoms with E-state index in [4.69, 9.17) is 4.74 Å². The molecule has 4 aromatic carbocycles. The Morgan fingerprint density at radius 1 is 0.863 bits per heavy atom. The quantitative estimate of drug-likeness (QED) is 0.0718. The van der Waals surface area contributed by atoms with Crippen LogP contribution in [0, 0.1) is 5.92 Å². The SMILES string of the molecule is COC(=O)c1c(NC(=O)C(Sc2cccc(NC(=O)/C(=C/c3ccccc3)NC(=O)c3ccccc3)c2)c2ccccc2)sc2c1CCC(C)C2. The summed E-state index contributed by atoms with van der Waals surface area (Å²) in [6.45, 7) is 2.19. The average molecular weight is 716 g/mol. The Bertz CT molecular complexity index is 2060. The first kappa shape index (κ1) is 35.4. The fourth-order valence-electron chi connectivity index (χ4n) is 5.88. The molecule has 2 atom stereocenters. The molecule has 10 heteroatoms. The second-order valence-corrected chi connectivity index (χ2v) is 14.5. The number of thiophene rings is 1. The van der Waals surface area contributed by atoms with E-state index in [2.05, 4.69) is 22.9 Å².